The summed E-state index contributed by atoms with van der Waals surface area (Å²) in [7, 11) is -14.1. The second-order valence-electron chi connectivity index (χ2n) is 7.14. The molecule has 37 heavy (non-hydrogen) atoms. The zero-order valence-corrected chi connectivity index (χ0v) is 21.5. The van der Waals surface area contributed by atoms with Crippen LogP contribution in [-0.4, -0.2) is 61.5 Å². The van der Waals surface area contributed by atoms with Crippen LogP contribution in [0, 0.1) is 11.8 Å². The van der Waals surface area contributed by atoms with Gasteiger partial charge in [-0.1, -0.05) is 17.9 Å². The molecule has 2 aromatic heterocycles. The molecule has 2 aromatic rings. The molecule has 17 nitrogen and oxygen atoms in total. The Bertz CT molecular complexity index is 1310. The van der Waals surface area contributed by atoms with Gasteiger partial charge in [-0.25, -0.2) is 24.4 Å². The first kappa shape index (κ1) is 29.4. The van der Waals surface area contributed by atoms with Gasteiger partial charge in [-0.15, -0.1) is 15.8 Å². The third kappa shape index (κ3) is 7.70. The number of ether oxygens (including phenoxy) is 2. The van der Waals surface area contributed by atoms with E-state index in [4.69, 9.17) is 35.6 Å². The minimum Gasteiger partial charge on any atom is -0.383 e. The van der Waals surface area contributed by atoms with Crippen molar-refractivity contribution in [1.82, 2.24) is 14.5 Å². The third-order valence-electron chi connectivity index (χ3n) is 4.71. The molecule has 3 rings (SSSR count). The molecular formula is C17H23N5O12P3+. The lowest BCUT2D eigenvalue weighted by Crippen LogP contribution is -2.28. The van der Waals surface area contributed by atoms with Gasteiger partial charge >= 0.3 is 23.9 Å². The molecule has 1 aliphatic rings. The molecule has 202 valence electrons. The minimum absolute atomic E-state index is 0.117. The van der Waals surface area contributed by atoms with E-state index in [9.17, 15) is 18.6 Å². The first-order valence-electron chi connectivity index (χ1n) is 10.2. The van der Waals surface area contributed by atoms with Crippen LogP contribution < -0.4 is 11.5 Å². The van der Waals surface area contributed by atoms with Crippen molar-refractivity contribution in [3.63, 3.8) is 0 Å². The largest absolute Gasteiger partial charge is 0.708 e. The summed E-state index contributed by atoms with van der Waals surface area (Å²) in [6.07, 6.45) is 2.53. The quantitative estimate of drug-likeness (QED) is 0.0783. The van der Waals surface area contributed by atoms with Crippen molar-refractivity contribution >= 4 is 40.8 Å². The molecule has 0 aliphatic carbocycles. The van der Waals surface area contributed by atoms with Gasteiger partial charge in [0.1, 0.15) is 36.7 Å². The summed E-state index contributed by atoms with van der Waals surface area (Å²) in [5.41, 5.74) is 12.5. The van der Waals surface area contributed by atoms with Gasteiger partial charge in [-0.3, -0.25) is 4.89 Å². The highest BCUT2D eigenvalue weighted by atomic mass is 31.3. The number of nitrogens with two attached hydrogens (primary N) is 2. The smallest absolute Gasteiger partial charge is 0.383 e. The van der Waals surface area contributed by atoms with E-state index < -0.39 is 48.9 Å². The standard InChI is InChI=1S/C17H22N5O12P3/c1-2-6-29-12-7-14(22-8-11(4-3-5-18)15-16(19)20-10-21-17(15)22)31-13(12)9-30-35(24)33-37(27,28)34-36(25,26)32-23/h2,8,10,12-14H,1,5-7,9,18H2,(H4-,19,20,21,23,25,26,27,28)/p+1/t12-,13+,14+/m0/s1. The third-order valence-corrected chi connectivity index (χ3v) is 8.28. The Hall–Kier alpha value is -2.12. The highest BCUT2D eigenvalue weighted by molar-refractivity contribution is 7.64. The lowest BCUT2D eigenvalue weighted by molar-refractivity contribution is -0.157. The van der Waals surface area contributed by atoms with Crippen molar-refractivity contribution in [3.8, 4) is 11.8 Å². The molecule has 20 heteroatoms. The summed E-state index contributed by atoms with van der Waals surface area (Å²) in [4.78, 5) is 26.6. The van der Waals surface area contributed by atoms with Crippen molar-refractivity contribution in [1.29, 1.82) is 0 Å². The van der Waals surface area contributed by atoms with Crippen molar-refractivity contribution in [2.75, 3.05) is 25.5 Å². The summed E-state index contributed by atoms with van der Waals surface area (Å²) in [5.74, 6) is 5.85. The highest BCUT2D eigenvalue weighted by Gasteiger charge is 2.46. The number of aromatic nitrogens is 3. The maximum absolute atomic E-state index is 12.0. The molecule has 0 aromatic carbocycles. The van der Waals surface area contributed by atoms with E-state index in [0.29, 0.717) is 16.6 Å². The van der Waals surface area contributed by atoms with Crippen LogP contribution in [0.15, 0.2) is 25.2 Å². The van der Waals surface area contributed by atoms with Crippen molar-refractivity contribution < 1.29 is 56.0 Å². The van der Waals surface area contributed by atoms with Gasteiger partial charge in [0, 0.05) is 17.2 Å². The maximum Gasteiger partial charge on any atom is 0.708 e. The average molecular weight is 582 g/mol. The Balaban J connectivity index is 1.76. The lowest BCUT2D eigenvalue weighted by Gasteiger charge is -2.15. The first-order valence-corrected chi connectivity index (χ1v) is 14.3. The number of anilines is 1. The molecule has 7 N–H and O–H groups in total. The predicted octanol–water partition coefficient (Wildman–Crippen LogP) is 1.58. The van der Waals surface area contributed by atoms with Gasteiger partial charge < -0.3 is 30.4 Å². The van der Waals surface area contributed by atoms with Gasteiger partial charge in [0.15, 0.2) is 0 Å². The number of hydrogen-bond donors (Lipinski definition) is 5. The number of fused-ring (bicyclic) bond motifs is 1. The van der Waals surface area contributed by atoms with Crippen LogP contribution in [0.5, 0.6) is 0 Å². The highest BCUT2D eigenvalue weighted by Crippen LogP contribution is 2.63. The van der Waals surface area contributed by atoms with Crippen LogP contribution in [0.3, 0.4) is 0 Å². The number of nitrogens with zero attached hydrogens (tertiary/aromatic N) is 3. The molecule has 6 atom stereocenters. The summed E-state index contributed by atoms with van der Waals surface area (Å²) in [6.45, 7) is 3.38. The molecule has 3 unspecified atom stereocenters. The summed E-state index contributed by atoms with van der Waals surface area (Å²) in [5, 5.41) is 8.68. The molecule has 1 aliphatic heterocycles. The summed E-state index contributed by atoms with van der Waals surface area (Å²) >= 11 is 0. The SMILES string of the molecule is C=CCO[C@H]1C[C@H](n2cc(C#CCN)c3c(N)ncnc32)O[C@@H]1CO[P+](=O)OP(=O)(O)OP(=O)(O)OO. The molecule has 3 heterocycles. The van der Waals surface area contributed by atoms with E-state index >= 15 is 0 Å². The van der Waals surface area contributed by atoms with E-state index in [-0.39, 0.29) is 25.4 Å². The molecule has 0 saturated carbocycles. The van der Waals surface area contributed by atoms with Crippen LogP contribution in [0.2, 0.25) is 0 Å². The van der Waals surface area contributed by atoms with Crippen LogP contribution in [-0.2, 0) is 41.0 Å². The molecule has 0 spiro atoms. The Labute approximate surface area is 210 Å². The van der Waals surface area contributed by atoms with Gasteiger partial charge in [0.25, 0.3) is 0 Å². The molecule has 1 saturated heterocycles. The first-order chi connectivity index (χ1) is 17.5. The van der Waals surface area contributed by atoms with Crippen LogP contribution in [0.4, 0.5) is 5.82 Å². The summed E-state index contributed by atoms with van der Waals surface area (Å²) < 4.78 is 64.0. The number of rotatable bonds is 12. The van der Waals surface area contributed by atoms with E-state index in [1.807, 2.05) is 0 Å². The lowest BCUT2D eigenvalue weighted by atomic mass is 10.2. The Morgan fingerprint density at radius 3 is 2.78 bits per heavy atom. The van der Waals surface area contributed by atoms with Crippen LogP contribution >= 0.6 is 23.9 Å². The fourth-order valence-electron chi connectivity index (χ4n) is 3.36. The zero-order chi connectivity index (χ0) is 27.2. The van der Waals surface area contributed by atoms with Crippen molar-refractivity contribution in [2.45, 2.75) is 24.9 Å². The Kier molecular flexibility index (Phi) is 10.0. The number of nitrogen functional groups attached to an aromatic ring is 1. The summed E-state index contributed by atoms with van der Waals surface area (Å²) in [6, 6.07) is 0. The Morgan fingerprint density at radius 1 is 1.35 bits per heavy atom. The predicted molar refractivity (Wildman–Crippen MR) is 125 cm³/mol. The molecule has 0 amide bonds. The normalized spacial score (nSPS) is 23.1. The van der Waals surface area contributed by atoms with Gasteiger partial charge in [0.05, 0.1) is 30.2 Å². The Morgan fingerprint density at radius 2 is 2.11 bits per heavy atom. The molecule has 0 radical (unpaired) electrons. The van der Waals surface area contributed by atoms with Crippen molar-refractivity contribution in [3.05, 3.63) is 30.7 Å². The second kappa shape index (κ2) is 12.6. The average Bonchev–Trinajstić information content (AvgIpc) is 3.40. The zero-order valence-electron chi connectivity index (χ0n) is 18.9. The second-order valence-corrected chi connectivity index (χ2v) is 11.2. The molecular weight excluding hydrogens is 559 g/mol. The van der Waals surface area contributed by atoms with Crippen LogP contribution in [0.25, 0.3) is 11.0 Å². The van der Waals surface area contributed by atoms with Gasteiger partial charge in [-0.05, 0) is 4.31 Å². The topological polar surface area (TPSA) is 250 Å². The fraction of sp³-hybridized carbons (Fsp3) is 0.412. The molecule has 0 bridgehead atoms. The van der Waals surface area contributed by atoms with E-state index in [1.165, 1.54) is 12.4 Å². The van der Waals surface area contributed by atoms with Gasteiger partial charge in [0.2, 0.25) is 0 Å². The van der Waals surface area contributed by atoms with Crippen molar-refractivity contribution in [2.24, 2.45) is 5.73 Å². The molecule has 1 fully saturated rings. The van der Waals surface area contributed by atoms with E-state index in [1.54, 1.807) is 10.8 Å². The minimum atomic E-state index is -5.42. The fourth-order valence-corrected chi connectivity index (χ4v) is 6.04. The van der Waals surface area contributed by atoms with E-state index in [2.05, 4.69) is 41.7 Å². The number of phosphoric acid groups is 2. The monoisotopic (exact) mass is 582 g/mol. The number of hydrogen-bond acceptors (Lipinski definition) is 14. The van der Waals surface area contributed by atoms with Crippen LogP contribution in [0.1, 0.15) is 18.2 Å². The van der Waals surface area contributed by atoms with E-state index in [0.717, 1.165) is 0 Å². The maximum atomic E-state index is 12.0. The van der Waals surface area contributed by atoms with Gasteiger partial charge in [-0.2, -0.15) is 4.31 Å².